The number of allylic oxidation sites excluding steroid dienone is 2. The van der Waals surface area contributed by atoms with Crippen molar-refractivity contribution in [3.63, 3.8) is 0 Å². The fourth-order valence-corrected chi connectivity index (χ4v) is 9.84. The minimum atomic E-state index is -1.93. The second-order valence-corrected chi connectivity index (χ2v) is 20.7. The minimum absolute atomic E-state index is 0.0364. The molecule has 2 saturated heterocycles. The Hall–Kier alpha value is -2.48. The molecule has 4 rings (SSSR count). The highest BCUT2D eigenvalue weighted by Gasteiger charge is 2.55. The first kappa shape index (κ1) is 58.8. The number of rotatable bonds is 11. The van der Waals surface area contributed by atoms with Crippen molar-refractivity contribution in [2.45, 2.75) is 217 Å². The first-order valence-electron chi connectivity index (χ1n) is 25.2. The summed E-state index contributed by atoms with van der Waals surface area (Å²) < 4.78 is 18.4. The van der Waals surface area contributed by atoms with E-state index in [9.17, 15) is 50.8 Å². The molecule has 20 atom stereocenters. The van der Waals surface area contributed by atoms with Gasteiger partial charge in [0, 0.05) is 62.6 Å². The van der Waals surface area contributed by atoms with Crippen molar-refractivity contribution in [1.82, 2.24) is 5.32 Å². The van der Waals surface area contributed by atoms with Crippen LogP contribution in [-0.2, 0) is 19.0 Å². The molecule has 0 aromatic carbocycles. The number of unbranched alkanes of at least 4 members (excludes halogenated alkanes) is 2. The van der Waals surface area contributed by atoms with Gasteiger partial charge in [0.05, 0.1) is 61.0 Å². The van der Waals surface area contributed by atoms with E-state index in [4.69, 9.17) is 19.9 Å². The molecule has 16 nitrogen and oxygen atoms in total. The van der Waals surface area contributed by atoms with Crippen LogP contribution in [0.4, 0.5) is 0 Å². The van der Waals surface area contributed by atoms with Gasteiger partial charge in [0.1, 0.15) is 12.2 Å². The lowest BCUT2D eigenvalue weighted by atomic mass is 9.81. The fraction of sp³-hybridized carbons (Fsp3) is 0.843. The Balaban J connectivity index is 1.75. The summed E-state index contributed by atoms with van der Waals surface area (Å²) in [4.78, 5) is 17.3. The third kappa shape index (κ3) is 19.7. The smallest absolute Gasteiger partial charge is 0.330 e. The summed E-state index contributed by atoms with van der Waals surface area (Å²) in [5.74, 6) is -4.15. The van der Waals surface area contributed by atoms with E-state index in [0.29, 0.717) is 24.7 Å². The Bertz CT molecular complexity index is 1550. The van der Waals surface area contributed by atoms with Crippen molar-refractivity contribution in [3.8, 4) is 0 Å². The molecule has 16 heteroatoms. The molecule has 4 heterocycles. The number of carbonyl (C=O) groups is 1. The Morgan fingerprint density at radius 1 is 0.806 bits per heavy atom. The fourth-order valence-electron chi connectivity index (χ4n) is 9.84. The molecule has 4 bridgehead atoms. The number of hydrogen-bond acceptors (Lipinski definition) is 14. The summed E-state index contributed by atoms with van der Waals surface area (Å²) in [6.45, 7) is 13.9. The molecule has 0 saturated carbocycles. The average Bonchev–Trinajstić information content (AvgIpc) is 3.26. The highest BCUT2D eigenvalue weighted by molar-refractivity contribution is 5.82. The Kier molecular flexibility index (Phi) is 25.5. The van der Waals surface area contributed by atoms with Gasteiger partial charge >= 0.3 is 5.97 Å². The van der Waals surface area contributed by atoms with Crippen molar-refractivity contribution in [2.75, 3.05) is 13.6 Å². The SMILES string of the molecule is CN=C(N)NCCCC=CCCCC(C)CC(C)C1OC(=O)C=CC(C)C(O)CC(O)C(C)C(O)CCC(C)C2CC3(O)OC(CC(O)CC(O)CC(O)C(C)C(O)C=CC1C)CC(O2)C3O. The summed E-state index contributed by atoms with van der Waals surface area (Å²) in [5, 5.41) is 103. The third-order valence-corrected chi connectivity index (χ3v) is 14.7. The van der Waals surface area contributed by atoms with Gasteiger partial charge in [0.2, 0.25) is 0 Å². The van der Waals surface area contributed by atoms with E-state index in [0.717, 1.165) is 45.1 Å². The molecule has 12 N–H and O–H groups in total. The number of fused-ring (bicyclic) bond motifs is 22. The van der Waals surface area contributed by atoms with Crippen LogP contribution < -0.4 is 11.1 Å². The first-order chi connectivity index (χ1) is 31.5. The molecule has 0 amide bonds. The summed E-state index contributed by atoms with van der Waals surface area (Å²) in [6.07, 6.45) is 5.71. The largest absolute Gasteiger partial charge is 0.458 e. The van der Waals surface area contributed by atoms with Gasteiger partial charge in [-0.2, -0.15) is 0 Å². The van der Waals surface area contributed by atoms with E-state index in [1.54, 1.807) is 46.0 Å². The second-order valence-electron chi connectivity index (χ2n) is 20.7. The van der Waals surface area contributed by atoms with Crippen LogP contribution in [0.5, 0.6) is 0 Å². The van der Waals surface area contributed by atoms with Crippen molar-refractivity contribution in [1.29, 1.82) is 0 Å². The van der Waals surface area contributed by atoms with Gasteiger partial charge in [-0.25, -0.2) is 4.79 Å². The van der Waals surface area contributed by atoms with Gasteiger partial charge in [-0.05, 0) is 82.0 Å². The molecule has 388 valence electrons. The van der Waals surface area contributed by atoms with Gasteiger partial charge < -0.3 is 71.2 Å². The molecule has 67 heavy (non-hydrogen) atoms. The first-order valence-corrected chi connectivity index (χ1v) is 25.2. The number of aliphatic imine (C=N–C) groups is 1. The van der Waals surface area contributed by atoms with Gasteiger partial charge in [-0.3, -0.25) is 4.99 Å². The summed E-state index contributed by atoms with van der Waals surface area (Å²) in [6, 6.07) is 0. The highest BCUT2D eigenvalue weighted by atomic mass is 16.7. The van der Waals surface area contributed by atoms with Crippen LogP contribution >= 0.6 is 0 Å². The average molecular weight is 954 g/mol. The van der Waals surface area contributed by atoms with Crippen LogP contribution in [-0.4, -0.2) is 151 Å². The zero-order chi connectivity index (χ0) is 50.0. The van der Waals surface area contributed by atoms with Crippen LogP contribution in [0.15, 0.2) is 41.4 Å². The summed E-state index contributed by atoms with van der Waals surface area (Å²) in [7, 11) is 1.65. The normalized spacial score (nSPS) is 40.6. The summed E-state index contributed by atoms with van der Waals surface area (Å²) in [5.41, 5.74) is 5.68. The van der Waals surface area contributed by atoms with E-state index in [1.165, 1.54) is 6.08 Å². The Morgan fingerprint density at radius 2 is 1.46 bits per heavy atom. The molecule has 4 aliphatic heterocycles. The van der Waals surface area contributed by atoms with Crippen LogP contribution in [0.2, 0.25) is 0 Å². The third-order valence-electron chi connectivity index (χ3n) is 14.7. The number of ether oxygens (including phenoxy) is 3. The molecule has 0 aliphatic carbocycles. The van der Waals surface area contributed by atoms with Crippen molar-refractivity contribution < 1.29 is 65.0 Å². The Labute approximate surface area is 400 Å². The molecule has 0 aromatic rings. The predicted octanol–water partition coefficient (Wildman–Crippen LogP) is 3.77. The maximum absolute atomic E-state index is 13.4. The van der Waals surface area contributed by atoms with Crippen LogP contribution in [0, 0.1) is 41.4 Å². The lowest BCUT2D eigenvalue weighted by Crippen LogP contribution is -2.65. The minimum Gasteiger partial charge on any atom is -0.458 e. The number of nitrogens with two attached hydrogens (primary N) is 1. The van der Waals surface area contributed by atoms with Gasteiger partial charge in [0.15, 0.2) is 11.7 Å². The number of nitrogens with zero attached hydrogens (tertiary/aromatic N) is 1. The van der Waals surface area contributed by atoms with Crippen molar-refractivity contribution in [2.24, 2.45) is 52.2 Å². The van der Waals surface area contributed by atoms with E-state index in [-0.39, 0.29) is 56.3 Å². The van der Waals surface area contributed by atoms with Crippen molar-refractivity contribution in [3.05, 3.63) is 36.5 Å². The van der Waals surface area contributed by atoms with Crippen LogP contribution in [0.3, 0.4) is 0 Å². The summed E-state index contributed by atoms with van der Waals surface area (Å²) >= 11 is 0. The molecular weight excluding hydrogens is 863 g/mol. The lowest BCUT2D eigenvalue weighted by molar-refractivity contribution is -0.371. The zero-order valence-corrected chi connectivity index (χ0v) is 41.7. The van der Waals surface area contributed by atoms with Gasteiger partial charge in [-0.1, -0.05) is 85.3 Å². The van der Waals surface area contributed by atoms with Crippen LogP contribution in [0.25, 0.3) is 0 Å². The monoisotopic (exact) mass is 954 g/mol. The van der Waals surface area contributed by atoms with E-state index in [1.807, 2.05) is 20.8 Å². The number of nitrogens with one attached hydrogen (secondary N) is 1. The number of hydrogen-bond donors (Lipinski definition) is 11. The van der Waals surface area contributed by atoms with E-state index in [2.05, 4.69) is 29.4 Å². The van der Waals surface area contributed by atoms with E-state index < -0.39 is 103 Å². The van der Waals surface area contributed by atoms with Gasteiger partial charge in [-0.15, -0.1) is 0 Å². The maximum atomic E-state index is 13.4. The molecule has 2 fully saturated rings. The standard InChI is InChI=1S/C51H91N3O13/c1-30(15-13-11-9-10-12-14-22-54-50(52)53-8)23-34(5)48-33(4)17-20-41(58)35(6)43(60)26-38(56)24-37(55)25-39-27-45-49(63)51(64,67-39)29-46(65-45)32(3)16-19-40(57)36(7)44(61)28-42(59)31(2)18-21-47(62)66-48/h9-10,17-18,20-21,30-46,48-49,55-61,63-64H,11-16,19,22-29H2,1-8H3,(H3,52,53,54). The van der Waals surface area contributed by atoms with E-state index >= 15 is 0 Å². The molecule has 0 radical (unpaired) electrons. The second kappa shape index (κ2) is 29.0. The van der Waals surface area contributed by atoms with Crippen LogP contribution in [0.1, 0.15) is 138 Å². The highest BCUT2D eigenvalue weighted by Crippen LogP contribution is 2.42. The molecule has 0 aromatic heterocycles. The number of carbonyl (C=O) groups excluding carboxylic acids is 1. The molecular formula is C51H91N3O13. The Morgan fingerprint density at radius 3 is 2.13 bits per heavy atom. The quantitative estimate of drug-likeness (QED) is 0.0463. The number of aliphatic hydroxyl groups excluding tert-OH is 8. The molecule has 0 spiro atoms. The number of esters is 1. The molecule has 20 unspecified atom stereocenters. The topological polar surface area (TPSA) is 277 Å². The molecule has 4 aliphatic rings. The zero-order valence-electron chi connectivity index (χ0n) is 41.7. The van der Waals surface area contributed by atoms with Gasteiger partial charge in [0.25, 0.3) is 0 Å². The lowest BCUT2D eigenvalue weighted by Gasteiger charge is -2.52. The number of guanidine groups is 1. The number of aliphatic hydroxyl groups is 9. The predicted molar refractivity (Wildman–Crippen MR) is 258 cm³/mol. The maximum Gasteiger partial charge on any atom is 0.330 e. The van der Waals surface area contributed by atoms with Crippen molar-refractivity contribution >= 4 is 11.9 Å².